The molecule has 1 unspecified atom stereocenters. The molecule has 1 atom stereocenters. The van der Waals surface area contributed by atoms with Crippen molar-refractivity contribution in [2.45, 2.75) is 13.0 Å². The van der Waals surface area contributed by atoms with E-state index in [2.05, 4.69) is 25.6 Å². The molecule has 3 rings (SSSR count). The molecule has 108 valence electrons. The third-order valence-electron chi connectivity index (χ3n) is 3.19. The first kappa shape index (κ1) is 13.1. The third kappa shape index (κ3) is 2.42. The number of H-pyrrole nitrogens is 1. The summed E-state index contributed by atoms with van der Waals surface area (Å²) in [6.45, 7) is 1.84. The number of rotatable bonds is 4. The van der Waals surface area contributed by atoms with E-state index in [1.807, 2.05) is 36.0 Å². The molecule has 3 heterocycles. The number of carbonyl (C=O) groups is 1. The Labute approximate surface area is 120 Å². The Morgan fingerprint density at radius 2 is 2.14 bits per heavy atom. The van der Waals surface area contributed by atoms with Crippen LogP contribution in [0.5, 0.6) is 0 Å². The lowest BCUT2D eigenvalue weighted by Gasteiger charge is -2.12. The molecule has 0 aliphatic heterocycles. The number of hydrogen-bond donors (Lipinski definition) is 2. The van der Waals surface area contributed by atoms with Gasteiger partial charge in [-0.1, -0.05) is 0 Å². The number of hydrogen-bond acceptors (Lipinski definition) is 4. The van der Waals surface area contributed by atoms with Gasteiger partial charge in [0.1, 0.15) is 23.5 Å². The second kappa shape index (κ2) is 5.23. The van der Waals surface area contributed by atoms with Gasteiger partial charge in [0, 0.05) is 19.4 Å². The van der Waals surface area contributed by atoms with Gasteiger partial charge in [-0.15, -0.1) is 0 Å². The van der Waals surface area contributed by atoms with E-state index in [4.69, 9.17) is 0 Å². The van der Waals surface area contributed by atoms with E-state index in [1.54, 1.807) is 17.9 Å². The summed E-state index contributed by atoms with van der Waals surface area (Å²) >= 11 is 0. The molecular formula is C13H15N7O. The van der Waals surface area contributed by atoms with Gasteiger partial charge >= 0.3 is 0 Å². The molecule has 0 saturated carbocycles. The number of carbonyl (C=O) groups excluding carboxylic acids is 1. The fraction of sp³-hybridized carbons (Fsp3) is 0.231. The number of aromatic nitrogens is 6. The van der Waals surface area contributed by atoms with Crippen LogP contribution in [0.4, 0.5) is 0 Å². The number of amides is 1. The van der Waals surface area contributed by atoms with Crippen LogP contribution in [-0.2, 0) is 7.05 Å². The van der Waals surface area contributed by atoms with Gasteiger partial charge in [0.05, 0.1) is 12.2 Å². The van der Waals surface area contributed by atoms with Crippen molar-refractivity contribution >= 4 is 5.91 Å². The van der Waals surface area contributed by atoms with Gasteiger partial charge < -0.3 is 9.88 Å². The van der Waals surface area contributed by atoms with Crippen molar-refractivity contribution in [3.05, 3.63) is 48.4 Å². The average Bonchev–Trinajstić information content (AvgIpc) is 3.19. The first-order chi connectivity index (χ1) is 10.2. The number of aryl methyl sites for hydroxylation is 1. The molecular weight excluding hydrogens is 270 g/mol. The van der Waals surface area contributed by atoms with Crippen LogP contribution in [0.2, 0.25) is 0 Å². The normalized spacial score (nSPS) is 12.3. The molecule has 0 spiro atoms. The van der Waals surface area contributed by atoms with Crippen LogP contribution < -0.4 is 5.32 Å². The Morgan fingerprint density at radius 1 is 1.38 bits per heavy atom. The molecule has 0 aromatic carbocycles. The van der Waals surface area contributed by atoms with Gasteiger partial charge in [0.25, 0.3) is 5.91 Å². The van der Waals surface area contributed by atoms with Crippen molar-refractivity contribution < 1.29 is 4.79 Å². The lowest BCUT2D eigenvalue weighted by Crippen LogP contribution is -2.28. The van der Waals surface area contributed by atoms with Gasteiger partial charge in [0.15, 0.2) is 0 Å². The first-order valence-corrected chi connectivity index (χ1v) is 6.48. The van der Waals surface area contributed by atoms with Gasteiger partial charge in [-0.3, -0.25) is 14.6 Å². The molecule has 0 saturated heterocycles. The molecule has 2 N–H and O–H groups in total. The molecule has 0 aliphatic carbocycles. The predicted octanol–water partition coefficient (Wildman–Crippen LogP) is 0.820. The maximum atomic E-state index is 12.4. The highest BCUT2D eigenvalue weighted by atomic mass is 16.1. The van der Waals surface area contributed by atoms with Gasteiger partial charge in [-0.05, 0) is 19.1 Å². The van der Waals surface area contributed by atoms with Crippen LogP contribution in [0.15, 0.2) is 37.1 Å². The highest BCUT2D eigenvalue weighted by Crippen LogP contribution is 2.15. The Morgan fingerprint density at radius 3 is 2.81 bits per heavy atom. The van der Waals surface area contributed by atoms with E-state index in [0.717, 1.165) is 0 Å². The molecule has 0 aliphatic rings. The van der Waals surface area contributed by atoms with Crippen LogP contribution in [0.3, 0.4) is 0 Å². The monoisotopic (exact) mass is 285 g/mol. The maximum Gasteiger partial charge on any atom is 0.257 e. The smallest absolute Gasteiger partial charge is 0.257 e. The highest BCUT2D eigenvalue weighted by molar-refractivity contribution is 5.97. The Kier molecular flexibility index (Phi) is 3.27. The second-order valence-corrected chi connectivity index (χ2v) is 4.66. The fourth-order valence-electron chi connectivity index (χ4n) is 2.14. The minimum Gasteiger partial charge on any atom is -0.342 e. The Bertz CT molecular complexity index is 727. The lowest BCUT2D eigenvalue weighted by atomic mass is 10.2. The minimum absolute atomic E-state index is 0.212. The number of nitrogens with one attached hydrogen (secondary N) is 2. The average molecular weight is 285 g/mol. The van der Waals surface area contributed by atoms with Crippen molar-refractivity contribution in [2.24, 2.45) is 7.05 Å². The van der Waals surface area contributed by atoms with Crippen LogP contribution in [0.1, 0.15) is 29.1 Å². The summed E-state index contributed by atoms with van der Waals surface area (Å²) in [4.78, 5) is 16.5. The maximum absolute atomic E-state index is 12.4. The summed E-state index contributed by atoms with van der Waals surface area (Å²) in [5.74, 6) is 1.10. The molecule has 3 aromatic rings. The van der Waals surface area contributed by atoms with Crippen LogP contribution in [-0.4, -0.2) is 35.4 Å². The van der Waals surface area contributed by atoms with Crippen molar-refractivity contribution in [1.29, 1.82) is 0 Å². The number of aromatic amines is 1. The molecule has 0 fully saturated rings. The zero-order valence-corrected chi connectivity index (χ0v) is 11.7. The molecule has 8 nitrogen and oxygen atoms in total. The predicted molar refractivity (Wildman–Crippen MR) is 74.8 cm³/mol. The third-order valence-corrected chi connectivity index (χ3v) is 3.19. The summed E-state index contributed by atoms with van der Waals surface area (Å²) in [5.41, 5.74) is 0.500. The second-order valence-electron chi connectivity index (χ2n) is 4.66. The van der Waals surface area contributed by atoms with E-state index in [0.29, 0.717) is 17.2 Å². The first-order valence-electron chi connectivity index (χ1n) is 6.48. The topological polar surface area (TPSA) is 93.4 Å². The lowest BCUT2D eigenvalue weighted by molar-refractivity contribution is 0.0938. The standard InChI is InChI=1S/C13H15N7O/c1-9(11-14-8-15-18-11)17-12(21)10-7-16-19(2)13(10)20-5-3-4-6-20/h3-9H,1-2H3,(H,17,21)(H,14,15,18). The quantitative estimate of drug-likeness (QED) is 0.742. The molecule has 21 heavy (non-hydrogen) atoms. The van der Waals surface area contributed by atoms with Gasteiger partial charge in [-0.2, -0.15) is 10.2 Å². The fourth-order valence-corrected chi connectivity index (χ4v) is 2.14. The molecule has 1 amide bonds. The van der Waals surface area contributed by atoms with E-state index in [9.17, 15) is 4.79 Å². The molecule has 3 aromatic heterocycles. The largest absolute Gasteiger partial charge is 0.342 e. The van der Waals surface area contributed by atoms with Crippen molar-refractivity contribution in [3.63, 3.8) is 0 Å². The van der Waals surface area contributed by atoms with Crippen molar-refractivity contribution in [3.8, 4) is 5.82 Å². The van der Waals surface area contributed by atoms with E-state index in [-0.39, 0.29) is 11.9 Å². The van der Waals surface area contributed by atoms with Crippen LogP contribution in [0, 0.1) is 0 Å². The summed E-state index contributed by atoms with van der Waals surface area (Å²) < 4.78 is 3.51. The summed E-state index contributed by atoms with van der Waals surface area (Å²) in [6.07, 6.45) is 6.70. The van der Waals surface area contributed by atoms with Gasteiger partial charge in [0.2, 0.25) is 0 Å². The summed E-state index contributed by atoms with van der Waals surface area (Å²) in [5, 5.41) is 13.6. The zero-order chi connectivity index (χ0) is 14.8. The van der Waals surface area contributed by atoms with E-state index in [1.165, 1.54) is 6.33 Å². The molecule has 0 bridgehead atoms. The number of nitrogens with zero attached hydrogens (tertiary/aromatic N) is 5. The minimum atomic E-state index is -0.266. The molecule has 0 radical (unpaired) electrons. The van der Waals surface area contributed by atoms with Gasteiger partial charge in [-0.25, -0.2) is 4.98 Å². The van der Waals surface area contributed by atoms with Crippen molar-refractivity contribution in [1.82, 2.24) is 34.8 Å². The summed E-state index contributed by atoms with van der Waals surface area (Å²) in [6, 6.07) is 3.52. The Balaban J connectivity index is 1.86. The zero-order valence-electron chi connectivity index (χ0n) is 11.7. The summed E-state index contributed by atoms with van der Waals surface area (Å²) in [7, 11) is 1.80. The highest BCUT2D eigenvalue weighted by Gasteiger charge is 2.20. The van der Waals surface area contributed by atoms with Crippen LogP contribution in [0.25, 0.3) is 5.82 Å². The SMILES string of the molecule is CC(NC(=O)c1cnn(C)c1-n1cccc1)c1ncn[nH]1. The van der Waals surface area contributed by atoms with E-state index < -0.39 is 0 Å². The van der Waals surface area contributed by atoms with Crippen LogP contribution >= 0.6 is 0 Å². The van der Waals surface area contributed by atoms with E-state index >= 15 is 0 Å². The molecule has 8 heteroatoms. The Hall–Kier alpha value is -2.90. The van der Waals surface area contributed by atoms with Crippen molar-refractivity contribution in [2.75, 3.05) is 0 Å².